The van der Waals surface area contributed by atoms with Gasteiger partial charge in [0.2, 0.25) is 0 Å². The molecule has 0 aliphatic carbocycles. The van der Waals surface area contributed by atoms with Crippen molar-refractivity contribution in [2.24, 2.45) is 5.73 Å². The van der Waals surface area contributed by atoms with Crippen molar-refractivity contribution < 1.29 is 19.1 Å². The van der Waals surface area contributed by atoms with E-state index >= 15 is 0 Å². The Hall–Kier alpha value is -1.88. The average Bonchev–Trinajstić information content (AvgIpc) is 2.61. The van der Waals surface area contributed by atoms with Crippen LogP contribution in [0.1, 0.15) is 66.2 Å². The molecule has 0 heterocycles. The summed E-state index contributed by atoms with van der Waals surface area (Å²) in [5.41, 5.74) is 6.15. The fourth-order valence-corrected chi connectivity index (χ4v) is 1.90. The van der Waals surface area contributed by atoms with Gasteiger partial charge in [-0.05, 0) is 37.2 Å². The van der Waals surface area contributed by atoms with Gasteiger partial charge < -0.3 is 15.2 Å². The zero-order valence-electron chi connectivity index (χ0n) is 14.5. The molecule has 1 aromatic rings. The van der Waals surface area contributed by atoms with Crippen LogP contribution in [0.4, 0.5) is 0 Å². The minimum Gasteiger partial charge on any atom is -0.465 e. The van der Waals surface area contributed by atoms with E-state index in [0.29, 0.717) is 11.1 Å². The molecule has 130 valence electrons. The molecule has 5 heteroatoms. The van der Waals surface area contributed by atoms with Crippen LogP contribution in [0.25, 0.3) is 0 Å². The molecular formula is C18H29NO4. The zero-order chi connectivity index (χ0) is 17.5. The average molecular weight is 323 g/mol. The molecule has 0 fully saturated rings. The van der Waals surface area contributed by atoms with Gasteiger partial charge in [-0.3, -0.25) is 0 Å². The standard InChI is InChI=1S/C10H10O4.C8H19N/c1-13-9(11)7-3-5-8(6-4-7)10(12)14-2;1-2-3-4-5-6-7-8-9/h3-6H,1-2H3;2-9H2,1H3. The third-order valence-corrected chi connectivity index (χ3v) is 3.28. The van der Waals surface area contributed by atoms with Gasteiger partial charge in [-0.1, -0.05) is 39.0 Å². The van der Waals surface area contributed by atoms with Crippen molar-refractivity contribution in [2.45, 2.75) is 45.4 Å². The van der Waals surface area contributed by atoms with Crippen LogP contribution in [0.3, 0.4) is 0 Å². The highest BCUT2D eigenvalue weighted by Crippen LogP contribution is 2.06. The number of carbonyl (C=O) groups excluding carboxylic acids is 2. The van der Waals surface area contributed by atoms with Crippen LogP contribution in [-0.4, -0.2) is 32.7 Å². The van der Waals surface area contributed by atoms with Gasteiger partial charge in [-0.25, -0.2) is 9.59 Å². The monoisotopic (exact) mass is 323 g/mol. The molecule has 0 amide bonds. The van der Waals surface area contributed by atoms with Gasteiger partial charge >= 0.3 is 11.9 Å². The number of benzene rings is 1. The first-order valence-corrected chi connectivity index (χ1v) is 8.07. The van der Waals surface area contributed by atoms with Crippen molar-refractivity contribution in [2.75, 3.05) is 20.8 Å². The molecule has 0 unspecified atom stereocenters. The molecule has 0 aliphatic heterocycles. The van der Waals surface area contributed by atoms with E-state index in [2.05, 4.69) is 16.4 Å². The zero-order valence-corrected chi connectivity index (χ0v) is 14.5. The number of hydrogen-bond donors (Lipinski definition) is 1. The van der Waals surface area contributed by atoms with Crippen LogP contribution in [0.2, 0.25) is 0 Å². The fourth-order valence-electron chi connectivity index (χ4n) is 1.90. The summed E-state index contributed by atoms with van der Waals surface area (Å²) in [6.07, 6.45) is 8.05. The Kier molecular flexibility index (Phi) is 12.6. The molecule has 0 aromatic heterocycles. The minimum atomic E-state index is -0.429. The molecule has 2 N–H and O–H groups in total. The lowest BCUT2D eigenvalue weighted by atomic mass is 10.1. The number of unbranched alkanes of at least 4 members (excludes halogenated alkanes) is 5. The first kappa shape index (κ1) is 21.1. The maximum Gasteiger partial charge on any atom is 0.337 e. The summed E-state index contributed by atoms with van der Waals surface area (Å²) in [6, 6.07) is 6.05. The normalized spacial score (nSPS) is 9.57. The van der Waals surface area contributed by atoms with Crippen molar-refractivity contribution in [3.8, 4) is 0 Å². The maximum atomic E-state index is 11.0. The molecule has 0 radical (unpaired) electrons. The van der Waals surface area contributed by atoms with E-state index < -0.39 is 11.9 Å². The number of rotatable bonds is 8. The van der Waals surface area contributed by atoms with Crippen LogP contribution >= 0.6 is 0 Å². The highest BCUT2D eigenvalue weighted by atomic mass is 16.5. The second-order valence-corrected chi connectivity index (χ2v) is 5.12. The van der Waals surface area contributed by atoms with E-state index in [1.807, 2.05) is 0 Å². The largest absolute Gasteiger partial charge is 0.465 e. The number of esters is 2. The molecule has 0 spiro atoms. The van der Waals surface area contributed by atoms with Crippen molar-refractivity contribution in [3.05, 3.63) is 35.4 Å². The maximum absolute atomic E-state index is 11.0. The van der Waals surface area contributed by atoms with Crippen molar-refractivity contribution in [1.82, 2.24) is 0 Å². The SMILES string of the molecule is CCCCCCCCN.COC(=O)c1ccc(C(=O)OC)cc1. The molecule has 1 aromatic carbocycles. The Labute approximate surface area is 139 Å². The third-order valence-electron chi connectivity index (χ3n) is 3.28. The number of methoxy groups -OCH3 is 2. The van der Waals surface area contributed by atoms with E-state index in [4.69, 9.17) is 5.73 Å². The minimum absolute atomic E-state index is 0.403. The van der Waals surface area contributed by atoms with E-state index in [9.17, 15) is 9.59 Å². The summed E-state index contributed by atoms with van der Waals surface area (Å²) in [5.74, 6) is -0.858. The Morgan fingerprint density at radius 2 is 1.22 bits per heavy atom. The summed E-state index contributed by atoms with van der Waals surface area (Å²) in [6.45, 7) is 3.11. The first-order valence-electron chi connectivity index (χ1n) is 8.07. The van der Waals surface area contributed by atoms with Gasteiger partial charge in [-0.2, -0.15) is 0 Å². The van der Waals surface area contributed by atoms with Gasteiger partial charge in [0.15, 0.2) is 0 Å². The summed E-state index contributed by atoms with van der Waals surface area (Å²) < 4.78 is 9.02. The molecule has 23 heavy (non-hydrogen) atoms. The number of hydrogen-bond acceptors (Lipinski definition) is 5. The van der Waals surface area contributed by atoms with Gasteiger partial charge in [0.1, 0.15) is 0 Å². The molecule has 0 saturated carbocycles. The Morgan fingerprint density at radius 1 is 0.826 bits per heavy atom. The van der Waals surface area contributed by atoms with E-state index in [1.54, 1.807) is 0 Å². The van der Waals surface area contributed by atoms with Crippen molar-refractivity contribution in [1.29, 1.82) is 0 Å². The molecule has 0 saturated heterocycles. The van der Waals surface area contributed by atoms with Gasteiger partial charge in [0.25, 0.3) is 0 Å². The number of carbonyl (C=O) groups is 2. The van der Waals surface area contributed by atoms with E-state index in [0.717, 1.165) is 6.54 Å². The second-order valence-electron chi connectivity index (χ2n) is 5.12. The molecule has 0 bridgehead atoms. The predicted octanol–water partition coefficient (Wildman–Crippen LogP) is 3.57. The summed E-state index contributed by atoms with van der Waals surface area (Å²) >= 11 is 0. The number of ether oxygens (including phenoxy) is 2. The Morgan fingerprint density at radius 3 is 1.57 bits per heavy atom. The predicted molar refractivity (Wildman–Crippen MR) is 91.6 cm³/mol. The molecular weight excluding hydrogens is 294 g/mol. The third kappa shape index (κ3) is 9.68. The lowest BCUT2D eigenvalue weighted by Crippen LogP contribution is -2.04. The second kappa shape index (κ2) is 13.8. The lowest BCUT2D eigenvalue weighted by Gasteiger charge is -2.00. The van der Waals surface area contributed by atoms with Crippen molar-refractivity contribution in [3.63, 3.8) is 0 Å². The smallest absolute Gasteiger partial charge is 0.337 e. The summed E-state index contributed by atoms with van der Waals surface area (Å²) in [7, 11) is 2.60. The fraction of sp³-hybridized carbons (Fsp3) is 0.556. The molecule has 0 aliphatic rings. The van der Waals surface area contributed by atoms with Crippen molar-refractivity contribution >= 4 is 11.9 Å². The number of nitrogens with two attached hydrogens (primary N) is 1. The first-order chi connectivity index (χ1) is 11.1. The highest BCUT2D eigenvalue weighted by Gasteiger charge is 2.08. The van der Waals surface area contributed by atoms with Crippen LogP contribution in [0.15, 0.2) is 24.3 Å². The molecule has 1 rings (SSSR count). The molecule has 0 atom stereocenters. The van der Waals surface area contributed by atoms with Crippen LogP contribution in [0, 0.1) is 0 Å². The highest BCUT2D eigenvalue weighted by molar-refractivity contribution is 5.93. The lowest BCUT2D eigenvalue weighted by molar-refractivity contribution is 0.0586. The van der Waals surface area contributed by atoms with E-state index in [1.165, 1.54) is 77.0 Å². The summed E-state index contributed by atoms with van der Waals surface area (Å²) in [4.78, 5) is 22.1. The van der Waals surface area contributed by atoms with Gasteiger partial charge in [-0.15, -0.1) is 0 Å². The molecule has 5 nitrogen and oxygen atoms in total. The van der Waals surface area contributed by atoms with Gasteiger partial charge in [0, 0.05) is 0 Å². The van der Waals surface area contributed by atoms with Crippen LogP contribution < -0.4 is 5.73 Å². The van der Waals surface area contributed by atoms with Gasteiger partial charge in [0.05, 0.1) is 25.3 Å². The Balaban J connectivity index is 0.000000468. The topological polar surface area (TPSA) is 78.6 Å². The van der Waals surface area contributed by atoms with Crippen LogP contribution in [0.5, 0.6) is 0 Å². The van der Waals surface area contributed by atoms with E-state index in [-0.39, 0.29) is 0 Å². The quantitative estimate of drug-likeness (QED) is 0.584. The summed E-state index contributed by atoms with van der Waals surface area (Å²) in [5, 5.41) is 0. The Bertz CT molecular complexity index is 402. The van der Waals surface area contributed by atoms with Crippen LogP contribution in [-0.2, 0) is 9.47 Å².